The Morgan fingerprint density at radius 1 is 1.14 bits per heavy atom. The molecule has 3 rings (SSSR count). The molecule has 0 spiro atoms. The third kappa shape index (κ3) is 2.65. The second-order valence-corrected chi connectivity index (χ2v) is 6.21. The van der Waals surface area contributed by atoms with Gasteiger partial charge in [-0.3, -0.25) is 4.79 Å². The number of fused-ring (bicyclic) bond motifs is 1. The molecule has 0 amide bonds. The van der Waals surface area contributed by atoms with Gasteiger partial charge in [-0.05, 0) is 51.8 Å². The molecule has 1 aliphatic rings. The van der Waals surface area contributed by atoms with Gasteiger partial charge in [-0.25, -0.2) is 0 Å². The summed E-state index contributed by atoms with van der Waals surface area (Å²) in [7, 11) is 0. The topological polar surface area (TPSA) is 50.1 Å². The van der Waals surface area contributed by atoms with Crippen LogP contribution in [0.1, 0.15) is 21.5 Å². The zero-order valence-corrected chi connectivity index (χ0v) is 13.7. The lowest BCUT2D eigenvalue weighted by Gasteiger charge is -2.01. The van der Waals surface area contributed by atoms with E-state index in [1.165, 1.54) is 0 Å². The largest absolute Gasteiger partial charge is 0.451 e. The van der Waals surface area contributed by atoms with Crippen LogP contribution in [0.5, 0.6) is 5.75 Å². The van der Waals surface area contributed by atoms with Gasteiger partial charge in [0.05, 0.1) is 21.7 Å². The fraction of sp³-hybridized carbons (Fsp3) is 0. The van der Waals surface area contributed by atoms with Crippen molar-refractivity contribution < 1.29 is 9.53 Å². The van der Waals surface area contributed by atoms with Crippen molar-refractivity contribution in [2.45, 2.75) is 0 Å². The fourth-order valence-corrected chi connectivity index (χ4v) is 3.33. The molecule has 0 N–H and O–H groups in total. The SMILES string of the molecule is N#Cc1ccc(/C=C2\Oc3c(Br)cc(Br)cc3C2=O)cc1. The van der Waals surface area contributed by atoms with E-state index in [9.17, 15) is 4.79 Å². The van der Waals surface area contributed by atoms with Crippen LogP contribution in [0.3, 0.4) is 0 Å². The van der Waals surface area contributed by atoms with Gasteiger partial charge in [0.1, 0.15) is 0 Å². The predicted octanol–water partition coefficient (Wildman–Crippen LogP) is 4.70. The lowest BCUT2D eigenvalue weighted by molar-refractivity contribution is 0.101. The highest BCUT2D eigenvalue weighted by Crippen LogP contribution is 2.40. The lowest BCUT2D eigenvalue weighted by atomic mass is 10.1. The van der Waals surface area contributed by atoms with Crippen molar-refractivity contribution in [2.75, 3.05) is 0 Å². The van der Waals surface area contributed by atoms with Gasteiger partial charge in [-0.1, -0.05) is 28.1 Å². The van der Waals surface area contributed by atoms with E-state index in [1.54, 1.807) is 36.4 Å². The summed E-state index contributed by atoms with van der Waals surface area (Å²) in [5.74, 6) is 0.646. The number of halogens is 2. The third-order valence-corrected chi connectivity index (χ3v) is 4.07. The molecule has 0 unspecified atom stereocenters. The van der Waals surface area contributed by atoms with Crippen LogP contribution < -0.4 is 4.74 Å². The van der Waals surface area contributed by atoms with E-state index in [-0.39, 0.29) is 11.5 Å². The Kier molecular flexibility index (Phi) is 3.66. The van der Waals surface area contributed by atoms with Gasteiger partial charge in [-0.2, -0.15) is 5.26 Å². The summed E-state index contributed by atoms with van der Waals surface area (Å²) >= 11 is 6.74. The normalized spacial score (nSPS) is 14.7. The summed E-state index contributed by atoms with van der Waals surface area (Å²) < 4.78 is 7.18. The summed E-state index contributed by atoms with van der Waals surface area (Å²) in [5, 5.41) is 8.78. The van der Waals surface area contributed by atoms with Crippen LogP contribution in [0.15, 0.2) is 51.1 Å². The first-order chi connectivity index (χ1) is 10.1. The van der Waals surface area contributed by atoms with Crippen LogP contribution >= 0.6 is 31.9 Å². The number of nitriles is 1. The smallest absolute Gasteiger partial charge is 0.232 e. The Bertz CT molecular complexity index is 817. The first-order valence-corrected chi connectivity index (χ1v) is 7.60. The number of carbonyl (C=O) groups excluding carboxylic acids is 1. The van der Waals surface area contributed by atoms with Gasteiger partial charge in [0, 0.05) is 4.47 Å². The average molecular weight is 405 g/mol. The second-order valence-electron chi connectivity index (χ2n) is 4.44. The van der Waals surface area contributed by atoms with Crippen molar-refractivity contribution in [3.63, 3.8) is 0 Å². The summed E-state index contributed by atoms with van der Waals surface area (Å²) in [4.78, 5) is 12.3. The first-order valence-electron chi connectivity index (χ1n) is 6.02. The molecule has 1 aliphatic heterocycles. The summed E-state index contributed by atoms with van der Waals surface area (Å²) in [6.07, 6.45) is 1.67. The standard InChI is InChI=1S/C16H7Br2NO2/c17-11-6-12-15(20)14(21-16(12)13(18)7-11)5-9-1-3-10(8-19)4-2-9/h1-7H/b14-5-. The van der Waals surface area contributed by atoms with Gasteiger partial charge in [0.25, 0.3) is 0 Å². The highest BCUT2D eigenvalue weighted by molar-refractivity contribution is 9.11. The van der Waals surface area contributed by atoms with Crippen molar-refractivity contribution in [2.24, 2.45) is 0 Å². The quantitative estimate of drug-likeness (QED) is 0.647. The van der Waals surface area contributed by atoms with Crippen LogP contribution in [0.2, 0.25) is 0 Å². The fourth-order valence-electron chi connectivity index (χ4n) is 2.02. The maximum absolute atomic E-state index is 12.3. The maximum atomic E-state index is 12.3. The van der Waals surface area contributed by atoms with E-state index < -0.39 is 0 Å². The van der Waals surface area contributed by atoms with Crippen LogP contribution in [-0.4, -0.2) is 5.78 Å². The molecule has 0 saturated heterocycles. The molecule has 0 atom stereocenters. The molecule has 5 heteroatoms. The summed E-state index contributed by atoms with van der Waals surface area (Å²) in [6.45, 7) is 0. The molecule has 0 bridgehead atoms. The summed E-state index contributed by atoms with van der Waals surface area (Å²) in [5.41, 5.74) is 1.90. The van der Waals surface area contributed by atoms with Crippen LogP contribution in [0.25, 0.3) is 6.08 Å². The van der Waals surface area contributed by atoms with E-state index in [0.29, 0.717) is 16.9 Å². The molecule has 21 heavy (non-hydrogen) atoms. The number of benzene rings is 2. The number of Topliss-reactive ketones (excluding diaryl/α,β-unsaturated/α-hetero) is 1. The number of ketones is 1. The zero-order chi connectivity index (χ0) is 15.0. The number of hydrogen-bond donors (Lipinski definition) is 0. The van der Waals surface area contributed by atoms with Crippen LogP contribution in [0, 0.1) is 11.3 Å². The van der Waals surface area contributed by atoms with E-state index in [1.807, 2.05) is 6.07 Å². The van der Waals surface area contributed by atoms with Gasteiger partial charge in [0.15, 0.2) is 11.5 Å². The minimum atomic E-state index is -0.156. The molecule has 0 radical (unpaired) electrons. The predicted molar refractivity (Wildman–Crippen MR) is 85.9 cm³/mol. The van der Waals surface area contributed by atoms with Crippen molar-refractivity contribution in [3.8, 4) is 11.8 Å². The van der Waals surface area contributed by atoms with Crippen molar-refractivity contribution in [1.82, 2.24) is 0 Å². The van der Waals surface area contributed by atoms with E-state index in [0.717, 1.165) is 14.5 Å². The lowest BCUT2D eigenvalue weighted by Crippen LogP contribution is -1.98. The molecule has 3 nitrogen and oxygen atoms in total. The molecule has 1 heterocycles. The minimum Gasteiger partial charge on any atom is -0.451 e. The van der Waals surface area contributed by atoms with Crippen molar-refractivity contribution in [1.29, 1.82) is 5.26 Å². The number of ether oxygens (including phenoxy) is 1. The monoisotopic (exact) mass is 403 g/mol. The van der Waals surface area contributed by atoms with Gasteiger partial charge in [-0.15, -0.1) is 0 Å². The number of hydrogen-bond acceptors (Lipinski definition) is 3. The number of allylic oxidation sites excluding steroid dienone is 1. The molecule has 0 saturated carbocycles. The van der Waals surface area contributed by atoms with E-state index in [2.05, 4.69) is 37.9 Å². The molecule has 102 valence electrons. The van der Waals surface area contributed by atoms with Crippen molar-refractivity contribution >= 4 is 43.7 Å². The summed E-state index contributed by atoms with van der Waals surface area (Å²) in [6, 6.07) is 12.6. The number of carbonyl (C=O) groups is 1. The average Bonchev–Trinajstić information content (AvgIpc) is 2.78. The van der Waals surface area contributed by atoms with Crippen molar-refractivity contribution in [3.05, 3.63) is 67.8 Å². The highest BCUT2D eigenvalue weighted by atomic mass is 79.9. The second kappa shape index (κ2) is 5.47. The Hall–Kier alpha value is -1.90. The molecular weight excluding hydrogens is 398 g/mol. The van der Waals surface area contributed by atoms with E-state index in [4.69, 9.17) is 10.00 Å². The maximum Gasteiger partial charge on any atom is 0.232 e. The molecule has 2 aromatic carbocycles. The van der Waals surface area contributed by atoms with Gasteiger partial charge >= 0.3 is 0 Å². The van der Waals surface area contributed by atoms with Gasteiger partial charge in [0.2, 0.25) is 5.78 Å². The first kappa shape index (κ1) is 14.1. The van der Waals surface area contributed by atoms with Gasteiger partial charge < -0.3 is 4.74 Å². The van der Waals surface area contributed by atoms with E-state index >= 15 is 0 Å². The minimum absolute atomic E-state index is 0.156. The molecule has 0 fully saturated rings. The zero-order valence-electron chi connectivity index (χ0n) is 10.6. The highest BCUT2D eigenvalue weighted by Gasteiger charge is 2.29. The Morgan fingerprint density at radius 2 is 1.86 bits per heavy atom. The number of rotatable bonds is 1. The molecule has 0 aromatic heterocycles. The molecular formula is C16H7Br2NO2. The third-order valence-electron chi connectivity index (χ3n) is 3.03. The molecule has 0 aliphatic carbocycles. The van der Waals surface area contributed by atoms with Crippen LogP contribution in [0.4, 0.5) is 0 Å². The molecule has 2 aromatic rings. The Morgan fingerprint density at radius 3 is 2.52 bits per heavy atom. The Balaban J connectivity index is 1.99. The van der Waals surface area contributed by atoms with Crippen LogP contribution in [-0.2, 0) is 0 Å². The number of nitrogens with zero attached hydrogens (tertiary/aromatic N) is 1. The Labute approximate surface area is 138 Å².